The predicted molar refractivity (Wildman–Crippen MR) is 124 cm³/mol. The maximum atomic E-state index is 12.6. The van der Waals surface area contributed by atoms with Crippen LogP contribution in [0, 0.1) is 0 Å². The smallest absolute Gasteiger partial charge is 0.315 e. The number of rotatable bonds is 8. The maximum Gasteiger partial charge on any atom is 0.315 e. The summed E-state index contributed by atoms with van der Waals surface area (Å²) >= 11 is 0. The Morgan fingerprint density at radius 1 is 0.774 bits per heavy atom. The predicted octanol–water partition coefficient (Wildman–Crippen LogP) is 4.76. The Labute approximate surface area is 184 Å². The Kier molecular flexibility index (Phi) is 7.82. The minimum Gasteiger partial charge on any atom is -0.339 e. The van der Waals surface area contributed by atoms with E-state index in [1.165, 1.54) is 0 Å². The van der Waals surface area contributed by atoms with Gasteiger partial charge in [0.05, 0.1) is 6.04 Å². The first-order chi connectivity index (χ1) is 15.1. The van der Waals surface area contributed by atoms with E-state index in [1.807, 2.05) is 98.8 Å². The van der Waals surface area contributed by atoms with Crippen LogP contribution in [-0.4, -0.2) is 29.9 Å². The van der Waals surface area contributed by atoms with Crippen LogP contribution in [0.25, 0.3) is 0 Å². The minimum absolute atomic E-state index is 0.0239. The third kappa shape index (κ3) is 5.95. The highest BCUT2D eigenvalue weighted by Gasteiger charge is 2.16. The van der Waals surface area contributed by atoms with E-state index in [9.17, 15) is 9.59 Å². The normalized spacial score (nSPS) is 10.5. The van der Waals surface area contributed by atoms with Crippen molar-refractivity contribution in [3.05, 3.63) is 107 Å². The van der Waals surface area contributed by atoms with Crippen molar-refractivity contribution in [2.75, 3.05) is 13.1 Å². The number of amides is 3. The summed E-state index contributed by atoms with van der Waals surface area (Å²) in [6.45, 7) is 5.68. The van der Waals surface area contributed by atoms with Gasteiger partial charge in [-0.05, 0) is 42.7 Å². The summed E-state index contributed by atoms with van der Waals surface area (Å²) in [4.78, 5) is 26.8. The molecule has 2 N–H and O–H groups in total. The van der Waals surface area contributed by atoms with Crippen molar-refractivity contribution in [2.45, 2.75) is 26.4 Å². The first-order valence-corrected chi connectivity index (χ1v) is 10.6. The summed E-state index contributed by atoms with van der Waals surface area (Å²) in [5, 5.41) is 5.99. The topological polar surface area (TPSA) is 61.4 Å². The van der Waals surface area contributed by atoms with Gasteiger partial charge in [0.1, 0.15) is 0 Å². The van der Waals surface area contributed by atoms with E-state index in [2.05, 4.69) is 10.6 Å². The van der Waals surface area contributed by atoms with Gasteiger partial charge in [0.15, 0.2) is 0 Å². The summed E-state index contributed by atoms with van der Waals surface area (Å²) in [5.74, 6) is 0.0239. The van der Waals surface area contributed by atoms with Gasteiger partial charge in [-0.3, -0.25) is 4.79 Å². The van der Waals surface area contributed by atoms with Crippen LogP contribution < -0.4 is 10.6 Å². The van der Waals surface area contributed by atoms with Crippen molar-refractivity contribution in [1.82, 2.24) is 15.5 Å². The molecule has 0 fully saturated rings. The number of nitrogens with one attached hydrogen (secondary N) is 2. The molecule has 0 saturated carbocycles. The zero-order chi connectivity index (χ0) is 22.1. The van der Waals surface area contributed by atoms with Crippen molar-refractivity contribution in [2.24, 2.45) is 0 Å². The molecule has 0 aliphatic heterocycles. The van der Waals surface area contributed by atoms with E-state index in [0.29, 0.717) is 25.2 Å². The summed E-state index contributed by atoms with van der Waals surface area (Å²) in [7, 11) is 0. The van der Waals surface area contributed by atoms with Crippen LogP contribution in [0.4, 0.5) is 4.79 Å². The molecule has 160 valence electrons. The van der Waals surface area contributed by atoms with Gasteiger partial charge in [-0.25, -0.2) is 4.79 Å². The van der Waals surface area contributed by atoms with E-state index < -0.39 is 0 Å². The average Bonchev–Trinajstić information content (AvgIpc) is 2.83. The van der Waals surface area contributed by atoms with Gasteiger partial charge in [0.2, 0.25) is 0 Å². The first-order valence-electron chi connectivity index (χ1n) is 10.6. The fourth-order valence-electron chi connectivity index (χ4n) is 3.47. The Morgan fingerprint density at radius 3 is 1.77 bits per heavy atom. The molecule has 3 aromatic rings. The van der Waals surface area contributed by atoms with Gasteiger partial charge < -0.3 is 15.5 Å². The van der Waals surface area contributed by atoms with Crippen LogP contribution in [0.1, 0.15) is 46.9 Å². The molecule has 31 heavy (non-hydrogen) atoms. The quantitative estimate of drug-likeness (QED) is 0.557. The van der Waals surface area contributed by atoms with Crippen LogP contribution in [0.2, 0.25) is 0 Å². The second-order valence-electron chi connectivity index (χ2n) is 7.26. The average molecular weight is 416 g/mol. The molecule has 0 aliphatic rings. The summed E-state index contributed by atoms with van der Waals surface area (Å²) in [5.41, 5.74) is 3.62. The van der Waals surface area contributed by atoms with Crippen molar-refractivity contribution in [3.63, 3.8) is 0 Å². The molecule has 3 amide bonds. The van der Waals surface area contributed by atoms with Gasteiger partial charge in [0.25, 0.3) is 5.91 Å². The molecular weight excluding hydrogens is 386 g/mol. The summed E-state index contributed by atoms with van der Waals surface area (Å²) in [6, 6.07) is 26.7. The second-order valence-corrected chi connectivity index (χ2v) is 7.26. The second kappa shape index (κ2) is 11.0. The molecule has 0 radical (unpaired) electrons. The zero-order valence-corrected chi connectivity index (χ0v) is 18.0. The van der Waals surface area contributed by atoms with Gasteiger partial charge >= 0.3 is 6.03 Å². The minimum atomic E-state index is -0.249. The Bertz CT molecular complexity index is 929. The lowest BCUT2D eigenvalue weighted by molar-refractivity contribution is 0.0773. The van der Waals surface area contributed by atoms with Crippen LogP contribution in [0.3, 0.4) is 0 Å². The van der Waals surface area contributed by atoms with Crippen molar-refractivity contribution in [3.8, 4) is 0 Å². The molecule has 0 bridgehead atoms. The third-order valence-corrected chi connectivity index (χ3v) is 5.25. The number of benzene rings is 3. The summed E-state index contributed by atoms with van der Waals surface area (Å²) < 4.78 is 0. The van der Waals surface area contributed by atoms with E-state index >= 15 is 0 Å². The SMILES string of the molecule is CCN(CC)C(=O)c1ccc(CNC(=O)NC(c2ccccc2)c2ccccc2)cc1. The molecule has 0 saturated heterocycles. The third-order valence-electron chi connectivity index (χ3n) is 5.25. The van der Waals surface area contributed by atoms with Crippen molar-refractivity contribution < 1.29 is 9.59 Å². The molecule has 0 unspecified atom stereocenters. The first kappa shape index (κ1) is 22.1. The van der Waals surface area contributed by atoms with E-state index in [-0.39, 0.29) is 18.0 Å². The number of hydrogen-bond acceptors (Lipinski definition) is 2. The molecule has 3 aromatic carbocycles. The zero-order valence-electron chi connectivity index (χ0n) is 18.0. The largest absolute Gasteiger partial charge is 0.339 e. The number of carbonyl (C=O) groups is 2. The lowest BCUT2D eigenvalue weighted by Gasteiger charge is -2.20. The molecule has 0 spiro atoms. The molecule has 0 atom stereocenters. The molecule has 3 rings (SSSR count). The Morgan fingerprint density at radius 2 is 1.29 bits per heavy atom. The van der Waals surface area contributed by atoms with Gasteiger partial charge in [-0.1, -0.05) is 72.8 Å². The molecule has 0 aliphatic carbocycles. The fourth-order valence-corrected chi connectivity index (χ4v) is 3.47. The summed E-state index contributed by atoms with van der Waals surface area (Å²) in [6.07, 6.45) is 0. The highest BCUT2D eigenvalue weighted by atomic mass is 16.2. The molecule has 0 aromatic heterocycles. The molecule has 5 nitrogen and oxygen atoms in total. The standard InChI is InChI=1S/C26H29N3O2/c1-3-29(4-2)25(30)23-17-15-20(16-18-23)19-27-26(31)28-24(21-11-7-5-8-12-21)22-13-9-6-10-14-22/h5-18,24H,3-4,19H2,1-2H3,(H2,27,28,31). The molecule has 5 heteroatoms. The molecule has 0 heterocycles. The number of urea groups is 1. The van der Waals surface area contributed by atoms with Crippen molar-refractivity contribution >= 4 is 11.9 Å². The fraction of sp³-hybridized carbons (Fsp3) is 0.231. The van der Waals surface area contributed by atoms with Crippen LogP contribution >= 0.6 is 0 Å². The van der Waals surface area contributed by atoms with Crippen molar-refractivity contribution in [1.29, 1.82) is 0 Å². The highest BCUT2D eigenvalue weighted by Crippen LogP contribution is 2.21. The van der Waals surface area contributed by atoms with Gasteiger partial charge in [-0.15, -0.1) is 0 Å². The van der Waals surface area contributed by atoms with E-state index in [1.54, 1.807) is 4.90 Å². The lowest BCUT2D eigenvalue weighted by Crippen LogP contribution is -2.38. The number of nitrogens with zero attached hydrogens (tertiary/aromatic N) is 1. The van der Waals surface area contributed by atoms with Crippen LogP contribution in [0.15, 0.2) is 84.9 Å². The van der Waals surface area contributed by atoms with Gasteiger partial charge in [0, 0.05) is 25.2 Å². The number of carbonyl (C=O) groups excluding carboxylic acids is 2. The lowest BCUT2D eigenvalue weighted by atomic mass is 9.99. The van der Waals surface area contributed by atoms with Gasteiger partial charge in [-0.2, -0.15) is 0 Å². The highest BCUT2D eigenvalue weighted by molar-refractivity contribution is 5.94. The maximum absolute atomic E-state index is 12.6. The number of hydrogen-bond donors (Lipinski definition) is 2. The van der Waals surface area contributed by atoms with Crippen LogP contribution in [-0.2, 0) is 6.54 Å². The van der Waals surface area contributed by atoms with E-state index in [4.69, 9.17) is 0 Å². The Balaban J connectivity index is 1.62. The molecular formula is C26H29N3O2. The van der Waals surface area contributed by atoms with Crippen LogP contribution in [0.5, 0.6) is 0 Å². The van der Waals surface area contributed by atoms with E-state index in [0.717, 1.165) is 16.7 Å². The monoisotopic (exact) mass is 415 g/mol. The Hall–Kier alpha value is -3.60.